The SMILES string of the molecule is CCNC(c1ccc(Br)cc1F)c1ccc(Cl)cc1Cl. The van der Waals surface area contributed by atoms with Gasteiger partial charge in [0.05, 0.1) is 6.04 Å². The lowest BCUT2D eigenvalue weighted by Crippen LogP contribution is -2.23. The predicted octanol–water partition coefficient (Wildman–Crippen LogP) is 5.59. The second-order valence-corrected chi connectivity index (χ2v) is 6.08. The molecule has 1 atom stereocenters. The molecule has 1 N–H and O–H groups in total. The van der Waals surface area contributed by atoms with Gasteiger partial charge in [0.2, 0.25) is 0 Å². The van der Waals surface area contributed by atoms with Crippen molar-refractivity contribution in [2.24, 2.45) is 0 Å². The summed E-state index contributed by atoms with van der Waals surface area (Å²) < 4.78 is 14.9. The van der Waals surface area contributed by atoms with E-state index in [1.165, 1.54) is 6.07 Å². The van der Waals surface area contributed by atoms with Gasteiger partial charge in [0, 0.05) is 20.1 Å². The molecule has 0 aromatic heterocycles. The van der Waals surface area contributed by atoms with Crippen LogP contribution in [0.1, 0.15) is 24.1 Å². The average molecular weight is 377 g/mol. The Morgan fingerprint density at radius 1 is 1.15 bits per heavy atom. The van der Waals surface area contributed by atoms with Gasteiger partial charge in [-0.3, -0.25) is 0 Å². The zero-order valence-electron chi connectivity index (χ0n) is 10.8. The summed E-state index contributed by atoms with van der Waals surface area (Å²) in [5.74, 6) is -0.281. The molecule has 2 aromatic rings. The molecule has 2 aromatic carbocycles. The van der Waals surface area contributed by atoms with Gasteiger partial charge < -0.3 is 5.32 Å². The molecule has 0 saturated carbocycles. The first-order valence-corrected chi connectivity index (χ1v) is 7.71. The van der Waals surface area contributed by atoms with Crippen LogP contribution in [0.25, 0.3) is 0 Å². The number of hydrogen-bond acceptors (Lipinski definition) is 1. The van der Waals surface area contributed by atoms with Gasteiger partial charge in [-0.25, -0.2) is 4.39 Å². The molecule has 20 heavy (non-hydrogen) atoms. The summed E-state index contributed by atoms with van der Waals surface area (Å²) in [6.07, 6.45) is 0. The molecule has 0 aliphatic heterocycles. The van der Waals surface area contributed by atoms with Crippen molar-refractivity contribution in [3.63, 3.8) is 0 Å². The Labute approximate surface area is 136 Å². The fraction of sp³-hybridized carbons (Fsp3) is 0.200. The Hall–Kier alpha value is -0.610. The van der Waals surface area contributed by atoms with Crippen LogP contribution in [0.5, 0.6) is 0 Å². The van der Waals surface area contributed by atoms with Crippen molar-refractivity contribution in [3.8, 4) is 0 Å². The topological polar surface area (TPSA) is 12.0 Å². The van der Waals surface area contributed by atoms with Gasteiger partial charge in [0.1, 0.15) is 5.82 Å². The molecule has 0 aliphatic carbocycles. The molecule has 0 amide bonds. The monoisotopic (exact) mass is 375 g/mol. The molecule has 0 saturated heterocycles. The molecule has 1 nitrogen and oxygen atoms in total. The van der Waals surface area contributed by atoms with Gasteiger partial charge in [0.15, 0.2) is 0 Å². The van der Waals surface area contributed by atoms with E-state index in [2.05, 4.69) is 21.2 Å². The van der Waals surface area contributed by atoms with Crippen molar-refractivity contribution in [1.82, 2.24) is 5.32 Å². The summed E-state index contributed by atoms with van der Waals surface area (Å²) in [7, 11) is 0. The normalized spacial score (nSPS) is 12.4. The van der Waals surface area contributed by atoms with Crippen molar-refractivity contribution >= 4 is 39.1 Å². The number of halogens is 4. The molecule has 2 rings (SSSR count). The third-order valence-electron chi connectivity index (χ3n) is 2.96. The molecule has 0 aliphatic rings. The third-order valence-corrected chi connectivity index (χ3v) is 4.01. The summed E-state index contributed by atoms with van der Waals surface area (Å²) in [5.41, 5.74) is 1.36. The lowest BCUT2D eigenvalue weighted by molar-refractivity contribution is 0.558. The van der Waals surface area contributed by atoms with E-state index in [4.69, 9.17) is 23.2 Å². The molecule has 1 unspecified atom stereocenters. The Bertz CT molecular complexity index is 567. The van der Waals surface area contributed by atoms with Gasteiger partial charge >= 0.3 is 0 Å². The minimum Gasteiger partial charge on any atom is -0.306 e. The highest BCUT2D eigenvalue weighted by molar-refractivity contribution is 9.10. The Balaban J connectivity index is 2.50. The zero-order valence-corrected chi connectivity index (χ0v) is 13.9. The van der Waals surface area contributed by atoms with Crippen LogP contribution in [-0.4, -0.2) is 6.54 Å². The van der Waals surface area contributed by atoms with E-state index in [9.17, 15) is 4.39 Å². The van der Waals surface area contributed by atoms with E-state index in [-0.39, 0.29) is 11.9 Å². The van der Waals surface area contributed by atoms with E-state index in [0.29, 0.717) is 26.6 Å². The summed E-state index contributed by atoms with van der Waals surface area (Å²) in [6, 6.07) is 9.94. The molecule has 0 spiro atoms. The van der Waals surface area contributed by atoms with Crippen LogP contribution >= 0.6 is 39.1 Å². The predicted molar refractivity (Wildman–Crippen MR) is 86.1 cm³/mol. The third kappa shape index (κ3) is 3.53. The Kier molecular flexibility index (Phi) is 5.44. The van der Waals surface area contributed by atoms with E-state index >= 15 is 0 Å². The minimum absolute atomic E-state index is 0.281. The minimum atomic E-state index is -0.308. The maximum Gasteiger partial charge on any atom is 0.129 e. The first-order chi connectivity index (χ1) is 9.52. The molecular formula is C15H13BrCl2FN. The second-order valence-electron chi connectivity index (χ2n) is 4.32. The van der Waals surface area contributed by atoms with Gasteiger partial charge in [-0.1, -0.05) is 58.2 Å². The molecule has 0 heterocycles. The van der Waals surface area contributed by atoms with Crippen LogP contribution < -0.4 is 5.32 Å². The van der Waals surface area contributed by atoms with Crippen LogP contribution in [0.4, 0.5) is 4.39 Å². The first kappa shape index (κ1) is 15.8. The number of rotatable bonds is 4. The standard InChI is InChI=1S/C15H13BrCl2FN/c1-2-20-15(11-6-4-10(17)8-13(11)18)12-5-3-9(16)7-14(12)19/h3-8,15,20H,2H2,1H3. The highest BCUT2D eigenvalue weighted by Gasteiger charge is 2.19. The van der Waals surface area contributed by atoms with E-state index in [1.807, 2.05) is 19.1 Å². The fourth-order valence-corrected chi connectivity index (χ4v) is 2.91. The maximum atomic E-state index is 14.2. The second kappa shape index (κ2) is 6.90. The quantitative estimate of drug-likeness (QED) is 0.732. The number of nitrogens with one attached hydrogen (secondary N) is 1. The van der Waals surface area contributed by atoms with Crippen LogP contribution in [-0.2, 0) is 0 Å². The highest BCUT2D eigenvalue weighted by atomic mass is 79.9. The summed E-state index contributed by atoms with van der Waals surface area (Å²) in [5, 5.41) is 4.33. The van der Waals surface area contributed by atoms with Crippen molar-refractivity contribution in [3.05, 3.63) is 67.9 Å². The van der Waals surface area contributed by atoms with Crippen LogP contribution in [0.3, 0.4) is 0 Å². The Morgan fingerprint density at radius 2 is 1.85 bits per heavy atom. The summed E-state index contributed by atoms with van der Waals surface area (Å²) in [6.45, 7) is 2.66. The van der Waals surface area contributed by atoms with Crippen molar-refractivity contribution < 1.29 is 4.39 Å². The van der Waals surface area contributed by atoms with Crippen LogP contribution in [0.2, 0.25) is 10.0 Å². The maximum absolute atomic E-state index is 14.2. The number of hydrogen-bond donors (Lipinski definition) is 1. The summed E-state index contributed by atoms with van der Waals surface area (Å²) in [4.78, 5) is 0. The molecule has 5 heteroatoms. The highest BCUT2D eigenvalue weighted by Crippen LogP contribution is 2.32. The van der Waals surface area contributed by atoms with Gasteiger partial charge in [-0.15, -0.1) is 0 Å². The van der Waals surface area contributed by atoms with E-state index < -0.39 is 0 Å². The average Bonchev–Trinajstić information content (AvgIpc) is 2.37. The van der Waals surface area contributed by atoms with Crippen LogP contribution in [0, 0.1) is 5.82 Å². The van der Waals surface area contributed by atoms with Crippen molar-refractivity contribution in [1.29, 1.82) is 0 Å². The summed E-state index contributed by atoms with van der Waals surface area (Å²) >= 11 is 15.4. The van der Waals surface area contributed by atoms with Gasteiger partial charge in [-0.2, -0.15) is 0 Å². The van der Waals surface area contributed by atoms with Gasteiger partial charge in [0.25, 0.3) is 0 Å². The van der Waals surface area contributed by atoms with Crippen LogP contribution in [0.15, 0.2) is 40.9 Å². The zero-order chi connectivity index (χ0) is 14.7. The van der Waals surface area contributed by atoms with Crippen molar-refractivity contribution in [2.75, 3.05) is 6.54 Å². The largest absolute Gasteiger partial charge is 0.306 e. The Morgan fingerprint density at radius 3 is 2.45 bits per heavy atom. The lowest BCUT2D eigenvalue weighted by Gasteiger charge is -2.21. The lowest BCUT2D eigenvalue weighted by atomic mass is 9.98. The molecule has 0 fully saturated rings. The smallest absolute Gasteiger partial charge is 0.129 e. The molecule has 0 radical (unpaired) electrons. The first-order valence-electron chi connectivity index (χ1n) is 6.16. The van der Waals surface area contributed by atoms with E-state index in [0.717, 1.165) is 5.56 Å². The molecular weight excluding hydrogens is 364 g/mol. The van der Waals surface area contributed by atoms with Crippen molar-refractivity contribution in [2.45, 2.75) is 13.0 Å². The van der Waals surface area contributed by atoms with Gasteiger partial charge in [-0.05, 0) is 36.4 Å². The molecule has 0 bridgehead atoms. The molecule has 106 valence electrons. The van der Waals surface area contributed by atoms with E-state index in [1.54, 1.807) is 18.2 Å². The fourth-order valence-electron chi connectivity index (χ4n) is 2.06. The number of benzene rings is 2.